The first-order valence-electron chi connectivity index (χ1n) is 9.49. The summed E-state index contributed by atoms with van der Waals surface area (Å²) in [6.45, 7) is 2.52. The second-order valence-electron chi connectivity index (χ2n) is 6.93. The second-order valence-corrected chi connectivity index (χ2v) is 8.79. The first-order chi connectivity index (χ1) is 13.9. The predicted octanol–water partition coefficient (Wildman–Crippen LogP) is 1.97. The van der Waals surface area contributed by atoms with E-state index in [2.05, 4.69) is 5.32 Å². The zero-order valence-electron chi connectivity index (χ0n) is 16.6. The highest BCUT2D eigenvalue weighted by molar-refractivity contribution is 7.89. The molecular weight excluding hydrogens is 392 g/mol. The molecule has 1 fully saturated rings. The van der Waals surface area contributed by atoms with Crippen molar-refractivity contribution < 1.29 is 22.7 Å². The lowest BCUT2D eigenvalue weighted by Crippen LogP contribution is -2.46. The highest BCUT2D eigenvalue weighted by Gasteiger charge is 2.45. The largest absolute Gasteiger partial charge is 0.489 e. The summed E-state index contributed by atoms with van der Waals surface area (Å²) >= 11 is 0. The van der Waals surface area contributed by atoms with Gasteiger partial charge in [0, 0.05) is 20.1 Å². The predicted molar refractivity (Wildman–Crippen MR) is 109 cm³/mol. The molecule has 8 heteroatoms. The number of nitrogens with one attached hydrogen (secondary N) is 1. The van der Waals surface area contributed by atoms with Gasteiger partial charge in [0.2, 0.25) is 15.9 Å². The molecule has 1 saturated heterocycles. The first kappa shape index (κ1) is 21.3. The molecule has 7 nitrogen and oxygen atoms in total. The maximum absolute atomic E-state index is 13.4. The Morgan fingerprint density at radius 3 is 2.52 bits per heavy atom. The number of sulfonamides is 1. The summed E-state index contributed by atoms with van der Waals surface area (Å²) in [6, 6.07) is 15.1. The lowest BCUT2D eigenvalue weighted by molar-refractivity contribution is -0.124. The van der Waals surface area contributed by atoms with E-state index in [4.69, 9.17) is 9.47 Å². The van der Waals surface area contributed by atoms with E-state index in [-0.39, 0.29) is 23.8 Å². The number of hydrogen-bond acceptors (Lipinski definition) is 5. The quantitative estimate of drug-likeness (QED) is 0.663. The SMILES string of the molecule is COCCNC(=O)[C@@H]1C[C@H](Oc2ccccc2)CN1S(=O)(=O)c1ccccc1C. The number of benzene rings is 2. The van der Waals surface area contributed by atoms with E-state index in [9.17, 15) is 13.2 Å². The van der Waals surface area contributed by atoms with Gasteiger partial charge >= 0.3 is 0 Å². The van der Waals surface area contributed by atoms with Crippen LogP contribution >= 0.6 is 0 Å². The molecule has 0 unspecified atom stereocenters. The standard InChI is InChI=1S/C21H26N2O5S/c1-16-8-6-7-11-20(16)29(25,26)23-15-18(28-17-9-4-3-5-10-17)14-19(23)21(24)22-12-13-27-2/h3-11,18-19H,12-15H2,1-2H3,(H,22,24)/t18-,19-/m0/s1. The molecule has 0 spiro atoms. The number of ether oxygens (including phenoxy) is 2. The van der Waals surface area contributed by atoms with Crippen LogP contribution in [0.4, 0.5) is 0 Å². The average Bonchev–Trinajstić information content (AvgIpc) is 3.14. The van der Waals surface area contributed by atoms with Crippen LogP contribution in [0, 0.1) is 6.92 Å². The van der Waals surface area contributed by atoms with E-state index in [0.29, 0.717) is 24.5 Å². The summed E-state index contributed by atoms with van der Waals surface area (Å²) in [5.74, 6) is 0.296. The Labute approximate surface area is 171 Å². The molecule has 0 aromatic heterocycles. The van der Waals surface area contributed by atoms with Gasteiger partial charge in [0.1, 0.15) is 17.9 Å². The van der Waals surface area contributed by atoms with Crippen LogP contribution in [0.5, 0.6) is 5.75 Å². The maximum Gasteiger partial charge on any atom is 0.244 e. The summed E-state index contributed by atoms with van der Waals surface area (Å²) < 4.78 is 38.9. The van der Waals surface area contributed by atoms with Crippen LogP contribution in [0.25, 0.3) is 0 Å². The van der Waals surface area contributed by atoms with E-state index in [0.717, 1.165) is 0 Å². The molecule has 1 aliphatic rings. The number of nitrogens with zero attached hydrogens (tertiary/aromatic N) is 1. The number of rotatable bonds is 8. The first-order valence-corrected chi connectivity index (χ1v) is 10.9. The number of amides is 1. The van der Waals surface area contributed by atoms with Gasteiger partial charge in [0.15, 0.2) is 0 Å². The molecule has 1 amide bonds. The molecule has 29 heavy (non-hydrogen) atoms. The monoisotopic (exact) mass is 418 g/mol. The maximum atomic E-state index is 13.4. The minimum absolute atomic E-state index is 0.105. The van der Waals surface area contributed by atoms with Crippen LogP contribution in [0.15, 0.2) is 59.5 Å². The van der Waals surface area contributed by atoms with Gasteiger partial charge in [-0.1, -0.05) is 36.4 Å². The zero-order chi connectivity index (χ0) is 20.9. The number of hydrogen-bond donors (Lipinski definition) is 1. The Bertz CT molecular complexity index is 933. The minimum atomic E-state index is -3.86. The summed E-state index contributed by atoms with van der Waals surface area (Å²) in [6.07, 6.45) is -0.145. The molecule has 3 rings (SSSR count). The molecule has 2 atom stereocenters. The van der Waals surface area contributed by atoms with E-state index < -0.39 is 22.2 Å². The molecule has 2 aromatic carbocycles. The molecule has 1 heterocycles. The molecular formula is C21H26N2O5S. The molecule has 2 aromatic rings. The molecule has 0 saturated carbocycles. The number of carbonyl (C=O) groups is 1. The third kappa shape index (κ3) is 4.95. The summed E-state index contributed by atoms with van der Waals surface area (Å²) in [7, 11) is -2.32. The van der Waals surface area contributed by atoms with E-state index in [1.54, 1.807) is 38.3 Å². The topological polar surface area (TPSA) is 84.9 Å². The van der Waals surface area contributed by atoms with Crippen molar-refractivity contribution in [2.45, 2.75) is 30.4 Å². The van der Waals surface area contributed by atoms with Gasteiger partial charge in [0.05, 0.1) is 18.0 Å². The molecule has 0 radical (unpaired) electrons. The van der Waals surface area contributed by atoms with Gasteiger partial charge < -0.3 is 14.8 Å². The van der Waals surface area contributed by atoms with Crippen molar-refractivity contribution in [1.29, 1.82) is 0 Å². The molecule has 1 N–H and O–H groups in total. The van der Waals surface area contributed by atoms with Crippen LogP contribution < -0.4 is 10.1 Å². The number of carbonyl (C=O) groups excluding carboxylic acids is 1. The minimum Gasteiger partial charge on any atom is -0.489 e. The summed E-state index contributed by atoms with van der Waals surface area (Å²) in [5.41, 5.74) is 0.637. The molecule has 1 aliphatic heterocycles. The van der Waals surface area contributed by atoms with Crippen molar-refractivity contribution in [2.24, 2.45) is 0 Å². The highest BCUT2D eigenvalue weighted by atomic mass is 32.2. The summed E-state index contributed by atoms with van der Waals surface area (Å²) in [5, 5.41) is 2.75. The van der Waals surface area contributed by atoms with E-state index >= 15 is 0 Å². The zero-order valence-corrected chi connectivity index (χ0v) is 17.4. The highest BCUT2D eigenvalue weighted by Crippen LogP contribution is 2.30. The Kier molecular flexibility index (Phi) is 6.89. The van der Waals surface area contributed by atoms with Gasteiger partial charge in [-0.05, 0) is 30.7 Å². The summed E-state index contributed by atoms with van der Waals surface area (Å²) in [4.78, 5) is 13.0. The lowest BCUT2D eigenvalue weighted by atomic mass is 10.2. The average molecular weight is 419 g/mol. The third-order valence-corrected chi connectivity index (χ3v) is 6.89. The Balaban J connectivity index is 1.86. The van der Waals surface area contributed by atoms with Gasteiger partial charge in [0.25, 0.3) is 0 Å². The van der Waals surface area contributed by atoms with Gasteiger partial charge in [-0.15, -0.1) is 0 Å². The normalized spacial score (nSPS) is 19.8. The van der Waals surface area contributed by atoms with Crippen LogP contribution in [0.3, 0.4) is 0 Å². The number of para-hydroxylation sites is 1. The van der Waals surface area contributed by atoms with Crippen molar-refractivity contribution in [3.8, 4) is 5.75 Å². The molecule has 0 aliphatic carbocycles. The van der Waals surface area contributed by atoms with Crippen LogP contribution in [0.2, 0.25) is 0 Å². The van der Waals surface area contributed by atoms with Crippen molar-refractivity contribution >= 4 is 15.9 Å². The fourth-order valence-corrected chi connectivity index (χ4v) is 5.27. The lowest BCUT2D eigenvalue weighted by Gasteiger charge is -2.23. The molecule has 0 bridgehead atoms. The van der Waals surface area contributed by atoms with E-state index in [1.807, 2.05) is 30.3 Å². The van der Waals surface area contributed by atoms with Gasteiger partial charge in [-0.2, -0.15) is 4.31 Å². The van der Waals surface area contributed by atoms with Gasteiger partial charge in [-0.25, -0.2) is 8.42 Å². The van der Waals surface area contributed by atoms with E-state index in [1.165, 1.54) is 4.31 Å². The Morgan fingerprint density at radius 2 is 1.83 bits per heavy atom. The third-order valence-electron chi connectivity index (χ3n) is 4.85. The molecule has 156 valence electrons. The Hall–Kier alpha value is -2.42. The Morgan fingerprint density at radius 1 is 1.14 bits per heavy atom. The fraction of sp³-hybridized carbons (Fsp3) is 0.381. The van der Waals surface area contributed by atoms with Crippen LogP contribution in [-0.2, 0) is 19.6 Å². The number of methoxy groups -OCH3 is 1. The van der Waals surface area contributed by atoms with Crippen LogP contribution in [-0.4, -0.2) is 57.6 Å². The number of aryl methyl sites for hydroxylation is 1. The van der Waals surface area contributed by atoms with Crippen molar-refractivity contribution in [1.82, 2.24) is 9.62 Å². The van der Waals surface area contributed by atoms with Crippen LogP contribution in [0.1, 0.15) is 12.0 Å². The van der Waals surface area contributed by atoms with Crippen molar-refractivity contribution in [3.05, 3.63) is 60.2 Å². The second kappa shape index (κ2) is 9.39. The van der Waals surface area contributed by atoms with Gasteiger partial charge in [-0.3, -0.25) is 4.79 Å². The van der Waals surface area contributed by atoms with Crippen molar-refractivity contribution in [2.75, 3.05) is 26.8 Å². The fourth-order valence-electron chi connectivity index (χ4n) is 3.42. The smallest absolute Gasteiger partial charge is 0.244 e. The van der Waals surface area contributed by atoms with Crippen molar-refractivity contribution in [3.63, 3.8) is 0 Å².